The zero-order chi connectivity index (χ0) is 26.6. The van der Waals surface area contributed by atoms with Gasteiger partial charge in [0.15, 0.2) is 0 Å². The Hall–Kier alpha value is -2.81. The van der Waals surface area contributed by atoms with Gasteiger partial charge in [0.25, 0.3) is 0 Å². The third-order valence-electron chi connectivity index (χ3n) is 7.49. The average molecular weight is 512 g/mol. The number of carbonyl (C=O) groups excluding carboxylic acids is 1. The first-order valence-electron chi connectivity index (χ1n) is 13.1. The van der Waals surface area contributed by atoms with Gasteiger partial charge >= 0.3 is 0 Å². The number of rotatable bonds is 7. The SMILES string of the molecule is COc1ccc(N2CCC(O)(CN3CCN(C(C)=O)C[C@](O)(COc4cc(C)cc(C)c4)C3)CC2)cc1. The number of ether oxygens (including phenoxy) is 2. The molecule has 0 bridgehead atoms. The lowest BCUT2D eigenvalue weighted by molar-refractivity contribution is -0.132. The molecular weight excluding hydrogens is 470 g/mol. The quantitative estimate of drug-likeness (QED) is 0.591. The molecule has 0 spiro atoms. The van der Waals surface area contributed by atoms with Crippen molar-refractivity contribution in [3.8, 4) is 11.5 Å². The minimum Gasteiger partial charge on any atom is -0.497 e. The Bertz CT molecular complexity index is 1050. The molecule has 0 saturated carbocycles. The van der Waals surface area contributed by atoms with E-state index in [1.807, 2.05) is 50.2 Å². The predicted molar refractivity (Wildman–Crippen MR) is 144 cm³/mol. The van der Waals surface area contributed by atoms with Gasteiger partial charge in [-0.1, -0.05) is 6.07 Å². The van der Waals surface area contributed by atoms with E-state index < -0.39 is 11.2 Å². The smallest absolute Gasteiger partial charge is 0.219 e. The molecule has 4 rings (SSSR count). The minimum atomic E-state index is -1.25. The number of anilines is 1. The molecular formula is C29H41N3O5. The summed E-state index contributed by atoms with van der Waals surface area (Å²) >= 11 is 0. The Labute approximate surface area is 220 Å². The van der Waals surface area contributed by atoms with Gasteiger partial charge in [-0.3, -0.25) is 9.69 Å². The Morgan fingerprint density at radius 1 is 0.892 bits per heavy atom. The zero-order valence-corrected chi connectivity index (χ0v) is 22.6. The van der Waals surface area contributed by atoms with Gasteiger partial charge in [0.2, 0.25) is 5.91 Å². The average Bonchev–Trinajstić information content (AvgIpc) is 3.01. The summed E-state index contributed by atoms with van der Waals surface area (Å²) in [5.41, 5.74) is 1.20. The van der Waals surface area contributed by atoms with Gasteiger partial charge in [0.1, 0.15) is 23.7 Å². The monoisotopic (exact) mass is 511 g/mol. The highest BCUT2D eigenvalue weighted by Crippen LogP contribution is 2.29. The molecule has 0 aromatic heterocycles. The number of carbonyl (C=O) groups is 1. The first kappa shape index (κ1) is 27.2. The lowest BCUT2D eigenvalue weighted by atomic mass is 9.90. The highest BCUT2D eigenvalue weighted by Gasteiger charge is 2.41. The van der Waals surface area contributed by atoms with Crippen LogP contribution in [0.5, 0.6) is 11.5 Å². The predicted octanol–water partition coefficient (Wildman–Crippen LogP) is 2.62. The summed E-state index contributed by atoms with van der Waals surface area (Å²) in [4.78, 5) is 18.3. The van der Waals surface area contributed by atoms with Crippen molar-refractivity contribution < 1.29 is 24.5 Å². The van der Waals surface area contributed by atoms with Crippen LogP contribution in [0.15, 0.2) is 42.5 Å². The van der Waals surface area contributed by atoms with Gasteiger partial charge in [-0.25, -0.2) is 0 Å². The zero-order valence-electron chi connectivity index (χ0n) is 22.6. The van der Waals surface area contributed by atoms with Gasteiger partial charge in [0.05, 0.1) is 19.3 Å². The molecule has 2 aromatic carbocycles. The molecule has 1 atom stereocenters. The van der Waals surface area contributed by atoms with Crippen molar-refractivity contribution in [2.45, 2.75) is 44.8 Å². The van der Waals surface area contributed by atoms with E-state index >= 15 is 0 Å². The summed E-state index contributed by atoms with van der Waals surface area (Å²) in [5, 5.41) is 23.1. The highest BCUT2D eigenvalue weighted by molar-refractivity contribution is 5.73. The Balaban J connectivity index is 1.40. The molecule has 202 valence electrons. The van der Waals surface area contributed by atoms with Crippen LogP contribution in [0, 0.1) is 13.8 Å². The molecule has 2 aliphatic heterocycles. The fourth-order valence-electron chi connectivity index (χ4n) is 5.52. The molecule has 8 nitrogen and oxygen atoms in total. The lowest BCUT2D eigenvalue weighted by Crippen LogP contribution is -2.55. The summed E-state index contributed by atoms with van der Waals surface area (Å²) in [6.45, 7) is 9.20. The van der Waals surface area contributed by atoms with Gasteiger partial charge in [-0.2, -0.15) is 0 Å². The summed E-state index contributed by atoms with van der Waals surface area (Å²) in [5.74, 6) is 1.46. The van der Waals surface area contributed by atoms with Crippen molar-refractivity contribution in [3.05, 3.63) is 53.6 Å². The van der Waals surface area contributed by atoms with E-state index in [0.717, 1.165) is 35.7 Å². The van der Waals surface area contributed by atoms with E-state index in [1.165, 1.54) is 6.92 Å². The van der Waals surface area contributed by atoms with E-state index in [4.69, 9.17) is 9.47 Å². The first-order valence-corrected chi connectivity index (χ1v) is 13.1. The molecule has 0 unspecified atom stereocenters. The maximum absolute atomic E-state index is 12.3. The van der Waals surface area contributed by atoms with Crippen molar-refractivity contribution in [1.82, 2.24) is 9.80 Å². The second kappa shape index (κ2) is 11.3. The number of aliphatic hydroxyl groups is 2. The molecule has 8 heteroatoms. The van der Waals surface area contributed by atoms with Crippen LogP contribution >= 0.6 is 0 Å². The fourth-order valence-corrected chi connectivity index (χ4v) is 5.52. The van der Waals surface area contributed by atoms with Crippen LogP contribution in [-0.2, 0) is 4.79 Å². The van der Waals surface area contributed by atoms with Gasteiger partial charge < -0.3 is 29.5 Å². The van der Waals surface area contributed by atoms with Crippen molar-refractivity contribution in [2.24, 2.45) is 0 Å². The van der Waals surface area contributed by atoms with Crippen molar-refractivity contribution in [1.29, 1.82) is 0 Å². The minimum absolute atomic E-state index is 0.0693. The summed E-state index contributed by atoms with van der Waals surface area (Å²) in [6, 6.07) is 14.0. The Kier molecular flexibility index (Phi) is 8.31. The van der Waals surface area contributed by atoms with Crippen LogP contribution in [0.1, 0.15) is 30.9 Å². The molecule has 2 N–H and O–H groups in total. The van der Waals surface area contributed by atoms with Crippen molar-refractivity contribution in [3.63, 3.8) is 0 Å². The van der Waals surface area contributed by atoms with E-state index in [-0.39, 0.29) is 19.1 Å². The van der Waals surface area contributed by atoms with E-state index in [0.29, 0.717) is 44.8 Å². The first-order chi connectivity index (χ1) is 17.6. The normalized spacial score (nSPS) is 22.4. The summed E-state index contributed by atoms with van der Waals surface area (Å²) in [7, 11) is 1.66. The molecule has 2 aliphatic rings. The second-order valence-corrected chi connectivity index (χ2v) is 10.9. The van der Waals surface area contributed by atoms with E-state index in [1.54, 1.807) is 12.0 Å². The van der Waals surface area contributed by atoms with Crippen LogP contribution in [0.25, 0.3) is 0 Å². The standard InChI is InChI=1S/C29H41N3O5/c1-22-15-23(2)17-27(16-22)37-21-29(35)19-30(13-14-32(20-29)24(3)33)18-28(34)9-11-31(12-10-28)25-5-7-26(36-4)8-6-25/h5-8,15-17,34-35H,9-14,18-21H2,1-4H3/t29-/m0/s1. The van der Waals surface area contributed by atoms with Crippen molar-refractivity contribution >= 4 is 11.6 Å². The number of hydrogen-bond donors (Lipinski definition) is 2. The van der Waals surface area contributed by atoms with Crippen LogP contribution in [-0.4, -0.2) is 96.7 Å². The van der Waals surface area contributed by atoms with Crippen LogP contribution < -0.4 is 14.4 Å². The third-order valence-corrected chi connectivity index (χ3v) is 7.49. The Morgan fingerprint density at radius 2 is 1.54 bits per heavy atom. The van der Waals surface area contributed by atoms with Gasteiger partial charge in [0, 0.05) is 51.9 Å². The topological polar surface area (TPSA) is 85.7 Å². The lowest BCUT2D eigenvalue weighted by Gasteiger charge is -2.42. The molecule has 2 fully saturated rings. The Morgan fingerprint density at radius 3 is 2.14 bits per heavy atom. The molecule has 2 saturated heterocycles. The highest BCUT2D eigenvalue weighted by atomic mass is 16.5. The number of benzene rings is 2. The number of methoxy groups -OCH3 is 1. The molecule has 2 aromatic rings. The number of nitrogens with zero attached hydrogens (tertiary/aromatic N) is 3. The third kappa shape index (κ3) is 7.15. The largest absolute Gasteiger partial charge is 0.497 e. The summed E-state index contributed by atoms with van der Waals surface area (Å²) < 4.78 is 11.3. The molecule has 0 aliphatic carbocycles. The van der Waals surface area contributed by atoms with Crippen LogP contribution in [0.4, 0.5) is 5.69 Å². The van der Waals surface area contributed by atoms with Crippen molar-refractivity contribution in [2.75, 3.05) is 64.4 Å². The van der Waals surface area contributed by atoms with Gasteiger partial charge in [-0.15, -0.1) is 0 Å². The summed E-state index contributed by atoms with van der Waals surface area (Å²) in [6.07, 6.45) is 1.26. The van der Waals surface area contributed by atoms with E-state index in [9.17, 15) is 15.0 Å². The maximum Gasteiger partial charge on any atom is 0.219 e. The number of aryl methyl sites for hydroxylation is 2. The second-order valence-electron chi connectivity index (χ2n) is 10.9. The fraction of sp³-hybridized carbons (Fsp3) is 0.552. The maximum atomic E-state index is 12.3. The number of piperidine rings is 1. The van der Waals surface area contributed by atoms with Crippen LogP contribution in [0.3, 0.4) is 0 Å². The van der Waals surface area contributed by atoms with Crippen LogP contribution in [0.2, 0.25) is 0 Å². The number of amides is 1. The molecule has 2 heterocycles. The van der Waals surface area contributed by atoms with Gasteiger partial charge in [-0.05, 0) is 74.2 Å². The molecule has 1 amide bonds. The number of β-amino-alcohol motifs (C(OH)–C–C–N with tert-alkyl or cyclic N) is 2. The molecule has 37 heavy (non-hydrogen) atoms. The molecule has 0 radical (unpaired) electrons. The number of hydrogen-bond acceptors (Lipinski definition) is 7. The van der Waals surface area contributed by atoms with E-state index in [2.05, 4.69) is 15.9 Å².